The third kappa shape index (κ3) is 2.89. The Morgan fingerprint density at radius 1 is 1.06 bits per heavy atom. The number of alkyl halides is 1. The van der Waals surface area contributed by atoms with E-state index in [9.17, 15) is 4.39 Å². The zero-order valence-electron chi connectivity index (χ0n) is 9.09. The summed E-state index contributed by atoms with van der Waals surface area (Å²) in [4.78, 5) is 0. The summed E-state index contributed by atoms with van der Waals surface area (Å²) in [5, 5.41) is 0.702. The summed E-state index contributed by atoms with van der Waals surface area (Å²) >= 11 is 17.6. The number of hydrogen-bond acceptors (Lipinski definition) is 1. The molecule has 18 heavy (non-hydrogen) atoms. The van der Waals surface area contributed by atoms with Gasteiger partial charge in [-0.05, 0) is 30.3 Å². The van der Waals surface area contributed by atoms with Crippen molar-refractivity contribution in [3.63, 3.8) is 0 Å². The average molecular weight is 306 g/mol. The average Bonchev–Trinajstić information content (AvgIpc) is 2.37. The molecule has 5 heteroatoms. The Labute approximate surface area is 119 Å². The van der Waals surface area contributed by atoms with Gasteiger partial charge in [0.05, 0.1) is 10.9 Å². The van der Waals surface area contributed by atoms with E-state index in [4.69, 9.17) is 39.5 Å². The molecule has 0 saturated carbocycles. The summed E-state index contributed by atoms with van der Waals surface area (Å²) in [6.45, 7) is 0. The summed E-state index contributed by atoms with van der Waals surface area (Å²) in [5.41, 5.74) is 0.549. The Balaban J connectivity index is 2.37. The van der Waals surface area contributed by atoms with Crippen LogP contribution in [0, 0.1) is 5.82 Å². The molecule has 0 amide bonds. The molecule has 0 radical (unpaired) electrons. The smallest absolute Gasteiger partial charge is 0.147 e. The van der Waals surface area contributed by atoms with Gasteiger partial charge < -0.3 is 4.74 Å². The Bertz CT molecular complexity index is 572. The molecule has 0 aliphatic carbocycles. The normalized spacial score (nSPS) is 10.4. The molecule has 2 aromatic carbocycles. The minimum atomic E-state index is -0.366. The monoisotopic (exact) mass is 304 g/mol. The van der Waals surface area contributed by atoms with E-state index in [1.54, 1.807) is 18.2 Å². The van der Waals surface area contributed by atoms with Crippen LogP contribution in [0.1, 0.15) is 5.56 Å². The molecular formula is C13H8Cl3FO. The highest BCUT2D eigenvalue weighted by Gasteiger charge is 2.10. The number of halogens is 4. The maximum atomic E-state index is 13.1. The van der Waals surface area contributed by atoms with E-state index in [1.165, 1.54) is 18.2 Å². The fraction of sp³-hybridized carbons (Fsp3) is 0.0769. The van der Waals surface area contributed by atoms with Crippen LogP contribution in [0.5, 0.6) is 11.5 Å². The summed E-state index contributed by atoms with van der Waals surface area (Å²) in [5.74, 6) is 0.638. The molecule has 2 rings (SSSR count). The van der Waals surface area contributed by atoms with Gasteiger partial charge in [0.15, 0.2) is 0 Å². The van der Waals surface area contributed by atoms with Crippen molar-refractivity contribution in [1.29, 1.82) is 0 Å². The first-order chi connectivity index (χ1) is 8.61. The first-order valence-electron chi connectivity index (χ1n) is 5.08. The van der Waals surface area contributed by atoms with Crippen molar-refractivity contribution >= 4 is 34.8 Å². The molecule has 0 aliphatic heterocycles. The second-order valence-corrected chi connectivity index (χ2v) is 4.59. The first-order valence-corrected chi connectivity index (χ1v) is 6.37. The van der Waals surface area contributed by atoms with Crippen LogP contribution in [-0.2, 0) is 5.88 Å². The molecule has 0 aliphatic rings. The van der Waals surface area contributed by atoms with Gasteiger partial charge in [-0.25, -0.2) is 4.39 Å². The lowest BCUT2D eigenvalue weighted by molar-refractivity contribution is 0.476. The molecule has 0 unspecified atom stereocenters. The van der Waals surface area contributed by atoms with Crippen molar-refractivity contribution in [2.75, 3.05) is 0 Å². The van der Waals surface area contributed by atoms with Gasteiger partial charge in [0.25, 0.3) is 0 Å². The number of ether oxygens (including phenoxy) is 1. The Morgan fingerprint density at radius 3 is 2.56 bits per heavy atom. The number of hydrogen-bond donors (Lipinski definition) is 0. The van der Waals surface area contributed by atoms with Crippen LogP contribution in [0.3, 0.4) is 0 Å². The molecule has 0 atom stereocenters. The van der Waals surface area contributed by atoms with Gasteiger partial charge >= 0.3 is 0 Å². The van der Waals surface area contributed by atoms with Crippen LogP contribution >= 0.6 is 34.8 Å². The summed E-state index contributed by atoms with van der Waals surface area (Å²) < 4.78 is 18.7. The van der Waals surface area contributed by atoms with Crippen molar-refractivity contribution in [3.8, 4) is 11.5 Å². The Kier molecular flexibility index (Phi) is 4.33. The van der Waals surface area contributed by atoms with Crippen molar-refractivity contribution in [2.24, 2.45) is 0 Å². The van der Waals surface area contributed by atoms with Crippen LogP contribution < -0.4 is 4.74 Å². The Morgan fingerprint density at radius 2 is 1.83 bits per heavy atom. The minimum absolute atomic E-state index is 0.144. The van der Waals surface area contributed by atoms with E-state index in [0.717, 1.165) is 0 Å². The van der Waals surface area contributed by atoms with Gasteiger partial charge in [-0.2, -0.15) is 0 Å². The molecule has 0 saturated heterocycles. The van der Waals surface area contributed by atoms with E-state index in [0.29, 0.717) is 27.1 Å². The minimum Gasteiger partial charge on any atom is -0.455 e. The summed E-state index contributed by atoms with van der Waals surface area (Å²) in [6, 6.07) is 9.17. The van der Waals surface area contributed by atoms with Gasteiger partial charge in [-0.3, -0.25) is 0 Å². The highest BCUT2D eigenvalue weighted by Crippen LogP contribution is 2.36. The van der Waals surface area contributed by atoms with Crippen LogP contribution in [0.2, 0.25) is 10.0 Å². The largest absolute Gasteiger partial charge is 0.455 e. The van der Waals surface area contributed by atoms with Crippen LogP contribution in [0.15, 0.2) is 36.4 Å². The fourth-order valence-corrected chi connectivity index (χ4v) is 1.97. The molecule has 0 spiro atoms. The molecule has 0 N–H and O–H groups in total. The molecule has 94 valence electrons. The fourth-order valence-electron chi connectivity index (χ4n) is 1.43. The van der Waals surface area contributed by atoms with E-state index in [2.05, 4.69) is 0 Å². The predicted octanol–water partition coefficient (Wildman–Crippen LogP) is 5.66. The first kappa shape index (κ1) is 13.5. The molecule has 0 heterocycles. The second kappa shape index (κ2) is 5.79. The quantitative estimate of drug-likeness (QED) is 0.664. The number of benzene rings is 2. The molecule has 0 bridgehead atoms. The Hall–Kier alpha value is -0.960. The predicted molar refractivity (Wildman–Crippen MR) is 72.5 cm³/mol. The zero-order valence-corrected chi connectivity index (χ0v) is 11.4. The van der Waals surface area contributed by atoms with Crippen LogP contribution in [0.4, 0.5) is 4.39 Å². The van der Waals surface area contributed by atoms with Gasteiger partial charge in [0.2, 0.25) is 0 Å². The third-order valence-corrected chi connectivity index (χ3v) is 3.39. The van der Waals surface area contributed by atoms with Gasteiger partial charge in [-0.15, -0.1) is 11.6 Å². The zero-order chi connectivity index (χ0) is 13.1. The lowest BCUT2D eigenvalue weighted by Crippen LogP contribution is -1.91. The summed E-state index contributed by atoms with van der Waals surface area (Å²) in [6.07, 6.45) is 0. The standard InChI is InChI=1S/C13H8Cl3FO/c14-7-8-6-9(17)4-5-11(8)18-12-3-1-2-10(15)13(12)16/h1-6H,7H2. The molecule has 1 nitrogen and oxygen atoms in total. The van der Waals surface area contributed by atoms with Crippen molar-refractivity contribution < 1.29 is 9.13 Å². The molecular weight excluding hydrogens is 297 g/mol. The van der Waals surface area contributed by atoms with Gasteiger partial charge in [-0.1, -0.05) is 29.3 Å². The lowest BCUT2D eigenvalue weighted by atomic mass is 10.2. The van der Waals surface area contributed by atoms with Crippen LogP contribution in [0.25, 0.3) is 0 Å². The van der Waals surface area contributed by atoms with Crippen molar-refractivity contribution in [1.82, 2.24) is 0 Å². The van der Waals surface area contributed by atoms with Gasteiger partial charge in [0.1, 0.15) is 22.3 Å². The molecule has 2 aromatic rings. The van der Waals surface area contributed by atoms with E-state index >= 15 is 0 Å². The van der Waals surface area contributed by atoms with E-state index < -0.39 is 0 Å². The maximum absolute atomic E-state index is 13.1. The van der Waals surface area contributed by atoms with Crippen molar-refractivity contribution in [2.45, 2.75) is 5.88 Å². The SMILES string of the molecule is Fc1ccc(Oc2cccc(Cl)c2Cl)c(CCl)c1. The maximum Gasteiger partial charge on any atom is 0.147 e. The third-order valence-electron chi connectivity index (χ3n) is 2.30. The highest BCUT2D eigenvalue weighted by atomic mass is 35.5. The van der Waals surface area contributed by atoms with Crippen LogP contribution in [-0.4, -0.2) is 0 Å². The number of rotatable bonds is 3. The van der Waals surface area contributed by atoms with E-state index in [1.807, 2.05) is 0 Å². The highest BCUT2D eigenvalue weighted by molar-refractivity contribution is 6.42. The topological polar surface area (TPSA) is 9.23 Å². The van der Waals surface area contributed by atoms with Gasteiger partial charge in [0, 0.05) is 5.56 Å². The van der Waals surface area contributed by atoms with E-state index in [-0.39, 0.29) is 11.7 Å². The lowest BCUT2D eigenvalue weighted by Gasteiger charge is -2.11. The summed E-state index contributed by atoms with van der Waals surface area (Å²) in [7, 11) is 0. The van der Waals surface area contributed by atoms with Crippen molar-refractivity contribution in [3.05, 3.63) is 57.8 Å². The second-order valence-electron chi connectivity index (χ2n) is 3.54. The molecule has 0 aromatic heterocycles. The molecule has 0 fully saturated rings.